The van der Waals surface area contributed by atoms with Gasteiger partial charge in [0.2, 0.25) is 5.88 Å². The maximum absolute atomic E-state index is 5.86. The Morgan fingerprint density at radius 3 is 3.00 bits per heavy atom. The average Bonchev–Trinajstić information content (AvgIpc) is 2.82. The Hall–Kier alpha value is -1.16. The van der Waals surface area contributed by atoms with Crippen LogP contribution in [-0.4, -0.2) is 16.6 Å². The Morgan fingerprint density at radius 1 is 1.53 bits per heavy atom. The van der Waals surface area contributed by atoms with Crippen LogP contribution >= 0.6 is 12.2 Å². The van der Waals surface area contributed by atoms with Gasteiger partial charge in [0, 0.05) is 5.69 Å². The van der Waals surface area contributed by atoms with Crippen LogP contribution in [0.2, 0.25) is 0 Å². The minimum absolute atomic E-state index is 0.375. The Kier molecular flexibility index (Phi) is 4.75. The van der Waals surface area contributed by atoms with Crippen molar-refractivity contribution in [1.82, 2.24) is 4.98 Å². The molecule has 0 fully saturated rings. The molecule has 1 atom stereocenters. The SMILES string of the molecule is CCCC(C)COc1nc2c(cc1C(N)=S)CCC2. The molecule has 3 nitrogen and oxygen atoms in total. The molecule has 2 N–H and O–H groups in total. The first kappa shape index (κ1) is 14.3. The van der Waals surface area contributed by atoms with Crippen molar-refractivity contribution >= 4 is 17.2 Å². The standard InChI is InChI=1S/C15H22N2OS/c1-3-5-10(2)9-18-15-12(14(16)19)8-11-6-4-7-13(11)17-15/h8,10H,3-7,9H2,1-2H3,(H2,16,19). The van der Waals surface area contributed by atoms with Crippen molar-refractivity contribution in [3.05, 3.63) is 22.9 Å². The molecule has 4 heteroatoms. The van der Waals surface area contributed by atoms with Crippen LogP contribution < -0.4 is 10.5 Å². The fourth-order valence-electron chi connectivity index (χ4n) is 2.54. The largest absolute Gasteiger partial charge is 0.477 e. The predicted octanol–water partition coefficient (Wildman–Crippen LogP) is 3.02. The molecular formula is C15H22N2OS. The third-order valence-corrected chi connectivity index (χ3v) is 3.79. The first-order valence-corrected chi connectivity index (χ1v) is 7.48. The molecule has 2 rings (SSSR count). The van der Waals surface area contributed by atoms with E-state index in [0.717, 1.165) is 36.9 Å². The van der Waals surface area contributed by atoms with Crippen LogP contribution in [0.5, 0.6) is 5.88 Å². The van der Waals surface area contributed by atoms with E-state index in [9.17, 15) is 0 Å². The minimum Gasteiger partial charge on any atom is -0.477 e. The van der Waals surface area contributed by atoms with Gasteiger partial charge in [0.15, 0.2) is 0 Å². The summed E-state index contributed by atoms with van der Waals surface area (Å²) in [6, 6.07) is 2.07. The number of hydrogen-bond acceptors (Lipinski definition) is 3. The van der Waals surface area contributed by atoms with Crippen LogP contribution in [-0.2, 0) is 12.8 Å². The number of fused-ring (bicyclic) bond motifs is 1. The summed E-state index contributed by atoms with van der Waals surface area (Å²) in [4.78, 5) is 4.99. The lowest BCUT2D eigenvalue weighted by Gasteiger charge is -2.15. The van der Waals surface area contributed by atoms with E-state index in [1.165, 1.54) is 12.0 Å². The second-order valence-electron chi connectivity index (χ2n) is 5.37. The Morgan fingerprint density at radius 2 is 2.32 bits per heavy atom. The molecule has 0 saturated heterocycles. The van der Waals surface area contributed by atoms with Crippen molar-refractivity contribution < 1.29 is 4.74 Å². The molecule has 0 radical (unpaired) electrons. The van der Waals surface area contributed by atoms with Gasteiger partial charge in [0.25, 0.3) is 0 Å². The molecule has 1 aromatic heterocycles. The summed E-state index contributed by atoms with van der Waals surface area (Å²) in [5.41, 5.74) is 9.00. The van der Waals surface area contributed by atoms with E-state index in [1.54, 1.807) is 0 Å². The molecule has 1 aromatic rings. The topological polar surface area (TPSA) is 48.1 Å². The number of pyridine rings is 1. The Labute approximate surface area is 120 Å². The molecule has 0 spiro atoms. The first-order chi connectivity index (χ1) is 9.11. The number of thiocarbonyl (C=S) groups is 1. The molecular weight excluding hydrogens is 256 g/mol. The zero-order valence-electron chi connectivity index (χ0n) is 11.7. The van der Waals surface area contributed by atoms with Crippen LogP contribution in [0.15, 0.2) is 6.07 Å². The molecule has 0 bridgehead atoms. The van der Waals surface area contributed by atoms with E-state index in [0.29, 0.717) is 23.4 Å². The highest BCUT2D eigenvalue weighted by atomic mass is 32.1. The lowest BCUT2D eigenvalue weighted by molar-refractivity contribution is 0.242. The van der Waals surface area contributed by atoms with Gasteiger partial charge in [-0.3, -0.25) is 0 Å². The number of rotatable bonds is 6. The molecule has 104 valence electrons. The highest BCUT2D eigenvalue weighted by Gasteiger charge is 2.18. The van der Waals surface area contributed by atoms with Gasteiger partial charge in [0.1, 0.15) is 4.99 Å². The molecule has 19 heavy (non-hydrogen) atoms. The first-order valence-electron chi connectivity index (χ1n) is 7.07. The second-order valence-corrected chi connectivity index (χ2v) is 5.81. The van der Waals surface area contributed by atoms with Crippen LogP contribution in [0.4, 0.5) is 0 Å². The van der Waals surface area contributed by atoms with Crippen LogP contribution in [0.25, 0.3) is 0 Å². The van der Waals surface area contributed by atoms with Gasteiger partial charge in [-0.15, -0.1) is 0 Å². The molecule has 0 saturated carbocycles. The summed E-state index contributed by atoms with van der Waals surface area (Å²) in [5.74, 6) is 1.15. The summed E-state index contributed by atoms with van der Waals surface area (Å²) in [6.07, 6.45) is 5.60. The summed E-state index contributed by atoms with van der Waals surface area (Å²) in [5, 5.41) is 0. The van der Waals surface area contributed by atoms with E-state index in [1.807, 2.05) is 0 Å². The highest BCUT2D eigenvalue weighted by molar-refractivity contribution is 7.80. The highest BCUT2D eigenvalue weighted by Crippen LogP contribution is 2.27. The van der Waals surface area contributed by atoms with Crippen molar-refractivity contribution in [2.45, 2.75) is 46.0 Å². The minimum atomic E-state index is 0.375. The number of aromatic nitrogens is 1. The summed E-state index contributed by atoms with van der Waals surface area (Å²) < 4.78 is 5.86. The number of ether oxygens (including phenoxy) is 1. The average molecular weight is 278 g/mol. The molecule has 1 heterocycles. The van der Waals surface area contributed by atoms with Gasteiger partial charge in [-0.1, -0.05) is 32.5 Å². The lowest BCUT2D eigenvalue weighted by Crippen LogP contribution is -2.16. The van der Waals surface area contributed by atoms with Gasteiger partial charge in [-0.25, -0.2) is 4.98 Å². The normalized spacial score (nSPS) is 15.1. The third kappa shape index (κ3) is 3.44. The molecule has 0 aliphatic heterocycles. The number of nitrogens with two attached hydrogens (primary N) is 1. The van der Waals surface area contributed by atoms with Gasteiger partial charge < -0.3 is 10.5 Å². The van der Waals surface area contributed by atoms with Crippen molar-refractivity contribution in [1.29, 1.82) is 0 Å². The zero-order chi connectivity index (χ0) is 13.8. The van der Waals surface area contributed by atoms with Crippen LogP contribution in [0.3, 0.4) is 0 Å². The summed E-state index contributed by atoms with van der Waals surface area (Å²) in [7, 11) is 0. The Balaban J connectivity index is 2.16. The monoisotopic (exact) mass is 278 g/mol. The van der Waals surface area contributed by atoms with Crippen LogP contribution in [0, 0.1) is 5.92 Å². The van der Waals surface area contributed by atoms with Gasteiger partial charge in [0.05, 0.1) is 12.2 Å². The predicted molar refractivity (Wildman–Crippen MR) is 81.7 cm³/mol. The maximum atomic E-state index is 5.86. The quantitative estimate of drug-likeness (QED) is 0.813. The van der Waals surface area contributed by atoms with E-state index >= 15 is 0 Å². The van der Waals surface area contributed by atoms with E-state index in [2.05, 4.69) is 24.9 Å². The van der Waals surface area contributed by atoms with E-state index in [-0.39, 0.29) is 0 Å². The van der Waals surface area contributed by atoms with Crippen molar-refractivity contribution in [2.75, 3.05) is 6.61 Å². The summed E-state index contributed by atoms with van der Waals surface area (Å²) >= 11 is 5.11. The Bertz CT molecular complexity index is 473. The summed E-state index contributed by atoms with van der Waals surface area (Å²) in [6.45, 7) is 5.05. The lowest BCUT2D eigenvalue weighted by atomic mass is 10.1. The van der Waals surface area contributed by atoms with Gasteiger partial charge in [-0.05, 0) is 43.2 Å². The van der Waals surface area contributed by atoms with E-state index in [4.69, 9.17) is 22.7 Å². The van der Waals surface area contributed by atoms with Gasteiger partial charge >= 0.3 is 0 Å². The van der Waals surface area contributed by atoms with Crippen LogP contribution in [0.1, 0.15) is 49.9 Å². The van der Waals surface area contributed by atoms with E-state index < -0.39 is 0 Å². The fraction of sp³-hybridized carbons (Fsp3) is 0.600. The van der Waals surface area contributed by atoms with Crippen molar-refractivity contribution in [2.24, 2.45) is 11.7 Å². The molecule has 0 amide bonds. The third-order valence-electron chi connectivity index (χ3n) is 3.57. The maximum Gasteiger partial charge on any atom is 0.224 e. The molecule has 0 aromatic carbocycles. The number of nitrogens with zero attached hydrogens (tertiary/aromatic N) is 1. The fourth-order valence-corrected chi connectivity index (χ4v) is 2.68. The molecule has 1 unspecified atom stereocenters. The number of hydrogen-bond donors (Lipinski definition) is 1. The number of aryl methyl sites for hydroxylation is 2. The second kappa shape index (κ2) is 6.33. The molecule has 1 aliphatic carbocycles. The van der Waals surface area contributed by atoms with Gasteiger partial charge in [-0.2, -0.15) is 0 Å². The van der Waals surface area contributed by atoms with Crippen molar-refractivity contribution in [3.63, 3.8) is 0 Å². The molecule has 1 aliphatic rings. The zero-order valence-corrected chi connectivity index (χ0v) is 12.6. The van der Waals surface area contributed by atoms with Crippen molar-refractivity contribution in [3.8, 4) is 5.88 Å². The smallest absolute Gasteiger partial charge is 0.224 e.